The van der Waals surface area contributed by atoms with Crippen LogP contribution in [0.1, 0.15) is 0 Å². The van der Waals surface area contributed by atoms with Crippen molar-refractivity contribution in [1.82, 2.24) is 11.7 Å². The SMILES string of the molecule is In1c2cccc3c4occc4n4c5ccn(-c6ccccc6)c5c5ccc1c(c32)c54. The third-order valence-electron chi connectivity index (χ3n) is 6.62. The molecule has 0 saturated heterocycles. The molecular formula is C26H14IN3O. The summed E-state index contributed by atoms with van der Waals surface area (Å²) in [6, 6.07) is 25.9. The second-order valence-corrected chi connectivity index (χ2v) is 9.03. The molecule has 0 atom stereocenters. The highest BCUT2D eigenvalue weighted by atomic mass is 127. The summed E-state index contributed by atoms with van der Waals surface area (Å²) in [6.07, 6.45) is 3.98. The van der Waals surface area contributed by atoms with Crippen LogP contribution >= 0.6 is 22.9 Å². The van der Waals surface area contributed by atoms with Crippen LogP contribution in [0.3, 0.4) is 0 Å². The van der Waals surface area contributed by atoms with Crippen LogP contribution in [0.15, 0.2) is 89.7 Å². The summed E-state index contributed by atoms with van der Waals surface area (Å²) in [5.74, 6) is 0. The number of nitrogens with zero attached hydrogens (tertiary/aromatic N) is 3. The molecule has 31 heavy (non-hydrogen) atoms. The molecular weight excluding hydrogens is 497 g/mol. The minimum atomic E-state index is 0.928. The molecule has 0 spiro atoms. The van der Waals surface area contributed by atoms with Gasteiger partial charge in [-0.15, -0.1) is 0 Å². The molecule has 0 aliphatic heterocycles. The molecule has 0 unspecified atom stereocenters. The van der Waals surface area contributed by atoms with E-state index in [1.54, 1.807) is 0 Å². The fourth-order valence-corrected chi connectivity index (χ4v) is 6.23. The Balaban J connectivity index is 1.77. The smallest absolute Gasteiger partial charge is 0.158 e. The van der Waals surface area contributed by atoms with Gasteiger partial charge in [0.05, 0.1) is 62.2 Å². The Labute approximate surface area is 189 Å². The Morgan fingerprint density at radius 3 is 2.42 bits per heavy atom. The molecule has 8 aromatic rings. The highest BCUT2D eigenvalue weighted by Crippen LogP contribution is 2.45. The summed E-state index contributed by atoms with van der Waals surface area (Å²) in [7, 11) is 0. The lowest BCUT2D eigenvalue weighted by Crippen LogP contribution is -1.90. The highest BCUT2D eigenvalue weighted by molar-refractivity contribution is 14.1. The van der Waals surface area contributed by atoms with E-state index in [1.807, 2.05) is 6.26 Å². The molecule has 0 aliphatic carbocycles. The minimum absolute atomic E-state index is 0.928. The molecule has 146 valence electrons. The van der Waals surface area contributed by atoms with Crippen molar-refractivity contribution < 1.29 is 4.42 Å². The Morgan fingerprint density at radius 1 is 0.645 bits per heavy atom. The average Bonchev–Trinajstić information content (AvgIpc) is 3.55. The summed E-state index contributed by atoms with van der Waals surface area (Å²) >= 11 is 2.42. The number of aromatic nitrogens is 3. The van der Waals surface area contributed by atoms with Crippen molar-refractivity contribution in [2.24, 2.45) is 0 Å². The molecule has 0 radical (unpaired) electrons. The number of rotatable bonds is 1. The molecule has 0 N–H and O–H groups in total. The second kappa shape index (κ2) is 5.42. The Bertz CT molecular complexity index is 1950. The Kier molecular flexibility index (Phi) is 2.84. The summed E-state index contributed by atoms with van der Waals surface area (Å²) in [6.45, 7) is 0. The number of hydrogen-bond acceptors (Lipinski definition) is 1. The summed E-state index contributed by atoms with van der Waals surface area (Å²) < 4.78 is 13.1. The van der Waals surface area contributed by atoms with Gasteiger partial charge in [0.25, 0.3) is 0 Å². The van der Waals surface area contributed by atoms with Crippen LogP contribution in [-0.2, 0) is 0 Å². The molecule has 4 nitrogen and oxygen atoms in total. The molecule has 5 heteroatoms. The normalized spacial score (nSPS) is 12.7. The van der Waals surface area contributed by atoms with Crippen LogP contribution in [0, 0.1) is 0 Å². The van der Waals surface area contributed by atoms with Crippen molar-refractivity contribution in [2.75, 3.05) is 0 Å². The first-order chi connectivity index (χ1) is 15.3. The van der Waals surface area contributed by atoms with Gasteiger partial charge in [-0.3, -0.25) is 2.78 Å². The molecule has 0 saturated carbocycles. The molecule has 5 heterocycles. The Hall–Kier alpha value is -3.45. The first kappa shape index (κ1) is 16.3. The number of fused-ring (bicyclic) bond motifs is 6. The monoisotopic (exact) mass is 511 g/mol. The lowest BCUT2D eigenvalue weighted by Gasteiger charge is -2.04. The van der Waals surface area contributed by atoms with Gasteiger partial charge in [-0.1, -0.05) is 30.3 Å². The summed E-state index contributed by atoms with van der Waals surface area (Å²) in [5, 5.41) is 4.97. The first-order valence-electron chi connectivity index (χ1n) is 10.2. The number of hydrogen-bond donors (Lipinski definition) is 0. The second-order valence-electron chi connectivity index (χ2n) is 8.06. The van der Waals surface area contributed by atoms with Crippen LogP contribution in [0.2, 0.25) is 0 Å². The summed E-state index contributed by atoms with van der Waals surface area (Å²) in [5.41, 5.74) is 9.31. The molecule has 0 bridgehead atoms. The maximum absolute atomic E-state index is 6.10. The van der Waals surface area contributed by atoms with E-state index in [4.69, 9.17) is 4.42 Å². The Morgan fingerprint density at radius 2 is 1.52 bits per heavy atom. The van der Waals surface area contributed by atoms with Crippen molar-refractivity contribution in [2.45, 2.75) is 0 Å². The number of benzene rings is 3. The van der Waals surface area contributed by atoms with Crippen molar-refractivity contribution >= 4 is 83.1 Å². The van der Waals surface area contributed by atoms with E-state index in [1.165, 1.54) is 43.7 Å². The van der Waals surface area contributed by atoms with Gasteiger partial charge in [0, 0.05) is 39.5 Å². The van der Waals surface area contributed by atoms with E-state index < -0.39 is 0 Å². The molecule has 3 aromatic carbocycles. The molecule has 0 fully saturated rings. The van der Waals surface area contributed by atoms with E-state index in [-0.39, 0.29) is 0 Å². The topological polar surface area (TPSA) is 27.4 Å². The van der Waals surface area contributed by atoms with E-state index in [0.717, 1.165) is 22.2 Å². The van der Waals surface area contributed by atoms with E-state index in [2.05, 4.69) is 114 Å². The van der Waals surface area contributed by atoms with Gasteiger partial charge < -0.3 is 13.4 Å². The van der Waals surface area contributed by atoms with Gasteiger partial charge in [0.2, 0.25) is 0 Å². The molecule has 8 rings (SSSR count). The largest absolute Gasteiger partial charge is 0.462 e. The van der Waals surface area contributed by atoms with Crippen LogP contribution in [0.4, 0.5) is 0 Å². The standard InChI is InChI=1S/C26H14IN3O/c27-30-18-8-4-7-16-22(18)23-19(30)10-9-17-24-20(11-13-28(24)15-5-2-1-3-6-15)29(25(17)23)21-12-14-31-26(16)21/h1-14H. The lowest BCUT2D eigenvalue weighted by molar-refractivity contribution is 0.619. The van der Waals surface area contributed by atoms with Gasteiger partial charge in [-0.25, -0.2) is 0 Å². The van der Waals surface area contributed by atoms with Gasteiger partial charge in [-0.2, -0.15) is 0 Å². The van der Waals surface area contributed by atoms with Crippen LogP contribution < -0.4 is 0 Å². The third-order valence-corrected chi connectivity index (χ3v) is 7.66. The van der Waals surface area contributed by atoms with E-state index in [0.29, 0.717) is 0 Å². The zero-order valence-electron chi connectivity index (χ0n) is 16.2. The number of furan rings is 1. The van der Waals surface area contributed by atoms with Gasteiger partial charge >= 0.3 is 0 Å². The van der Waals surface area contributed by atoms with Crippen molar-refractivity contribution in [1.29, 1.82) is 0 Å². The zero-order chi connectivity index (χ0) is 20.3. The molecule has 5 aromatic heterocycles. The number of halogens is 1. The predicted molar refractivity (Wildman–Crippen MR) is 135 cm³/mol. The van der Waals surface area contributed by atoms with Crippen molar-refractivity contribution in [3.05, 3.63) is 85.3 Å². The summed E-state index contributed by atoms with van der Waals surface area (Å²) in [4.78, 5) is 0. The van der Waals surface area contributed by atoms with Gasteiger partial charge in [-0.05, 0) is 36.4 Å². The first-order valence-corrected chi connectivity index (χ1v) is 11.2. The average molecular weight is 511 g/mol. The molecule has 0 aliphatic rings. The van der Waals surface area contributed by atoms with Crippen LogP contribution in [-0.4, -0.2) is 11.7 Å². The maximum Gasteiger partial charge on any atom is 0.158 e. The number of para-hydroxylation sites is 1. The third kappa shape index (κ3) is 1.79. The highest BCUT2D eigenvalue weighted by Gasteiger charge is 2.24. The van der Waals surface area contributed by atoms with Crippen LogP contribution in [0.5, 0.6) is 0 Å². The maximum atomic E-state index is 6.10. The lowest BCUT2D eigenvalue weighted by atomic mass is 10.1. The van der Waals surface area contributed by atoms with Gasteiger partial charge in [0.15, 0.2) is 5.58 Å². The van der Waals surface area contributed by atoms with E-state index in [9.17, 15) is 0 Å². The van der Waals surface area contributed by atoms with Crippen LogP contribution in [0.25, 0.3) is 65.9 Å². The predicted octanol–water partition coefficient (Wildman–Crippen LogP) is 7.53. The van der Waals surface area contributed by atoms with Crippen molar-refractivity contribution in [3.8, 4) is 5.69 Å². The van der Waals surface area contributed by atoms with Crippen molar-refractivity contribution in [3.63, 3.8) is 0 Å². The minimum Gasteiger partial charge on any atom is -0.462 e. The van der Waals surface area contributed by atoms with E-state index >= 15 is 0 Å². The fraction of sp³-hybridized carbons (Fsp3) is 0. The zero-order valence-corrected chi connectivity index (χ0v) is 18.4. The fourth-order valence-electron chi connectivity index (χ4n) is 5.42. The van der Waals surface area contributed by atoms with Gasteiger partial charge in [0.1, 0.15) is 0 Å². The molecule has 0 amide bonds. The quantitative estimate of drug-likeness (QED) is 0.210.